The highest BCUT2D eigenvalue weighted by Gasteiger charge is 2.14. The lowest BCUT2D eigenvalue weighted by atomic mass is 10.1. The van der Waals surface area contributed by atoms with Crippen LogP contribution in [-0.2, 0) is 6.42 Å². The third-order valence-electron chi connectivity index (χ3n) is 3.13. The molecule has 0 aliphatic heterocycles. The summed E-state index contributed by atoms with van der Waals surface area (Å²) in [7, 11) is 0. The van der Waals surface area contributed by atoms with E-state index in [-0.39, 0.29) is 16.8 Å². The average Bonchev–Trinajstić information content (AvgIpc) is 2.96. The Balaban J connectivity index is 1.85. The Morgan fingerprint density at radius 2 is 1.81 bits per heavy atom. The summed E-state index contributed by atoms with van der Waals surface area (Å²) in [5, 5.41) is 11.7. The molecule has 0 bridgehead atoms. The Bertz CT molecular complexity index is 621. The van der Waals surface area contributed by atoms with Crippen molar-refractivity contribution in [2.45, 2.75) is 25.8 Å². The number of rotatable bonds is 6. The topological polar surface area (TPSA) is 66.4 Å². The molecular weight excluding hydrogens is 286 g/mol. The molecular formula is C16H17NO3S. The number of carboxylic acid groups (broad SMARTS) is 1. The molecule has 1 aromatic carbocycles. The first-order chi connectivity index (χ1) is 10.1. The molecule has 110 valence electrons. The van der Waals surface area contributed by atoms with Gasteiger partial charge in [-0.25, -0.2) is 4.79 Å². The van der Waals surface area contributed by atoms with Gasteiger partial charge in [0, 0.05) is 6.04 Å². The second-order valence-corrected chi connectivity index (χ2v) is 5.95. The molecule has 0 saturated heterocycles. The van der Waals surface area contributed by atoms with E-state index in [0.29, 0.717) is 4.88 Å². The number of carboxylic acids is 1. The van der Waals surface area contributed by atoms with Crippen molar-refractivity contribution in [3.05, 3.63) is 57.8 Å². The van der Waals surface area contributed by atoms with Crippen molar-refractivity contribution in [2.24, 2.45) is 0 Å². The second-order valence-electron chi connectivity index (χ2n) is 4.87. The van der Waals surface area contributed by atoms with Crippen LogP contribution in [0.15, 0.2) is 42.5 Å². The Kier molecular flexibility index (Phi) is 5.11. The number of hydrogen-bond donors (Lipinski definition) is 2. The van der Waals surface area contributed by atoms with Crippen LogP contribution in [0.4, 0.5) is 0 Å². The quantitative estimate of drug-likeness (QED) is 0.861. The first kappa shape index (κ1) is 15.3. The van der Waals surface area contributed by atoms with Crippen LogP contribution in [0.5, 0.6) is 0 Å². The molecule has 2 aromatic rings. The molecule has 5 heteroatoms. The van der Waals surface area contributed by atoms with E-state index in [9.17, 15) is 9.59 Å². The lowest BCUT2D eigenvalue weighted by Crippen LogP contribution is -2.32. The molecule has 0 aliphatic rings. The second kappa shape index (κ2) is 7.04. The van der Waals surface area contributed by atoms with Gasteiger partial charge >= 0.3 is 5.97 Å². The molecule has 1 amide bonds. The highest BCUT2D eigenvalue weighted by Crippen LogP contribution is 2.16. The lowest BCUT2D eigenvalue weighted by molar-refractivity contribution is 0.0702. The Hall–Kier alpha value is -2.14. The molecule has 0 radical (unpaired) electrons. The third kappa shape index (κ3) is 4.43. The number of aromatic carboxylic acids is 1. The van der Waals surface area contributed by atoms with Crippen LogP contribution in [0.2, 0.25) is 0 Å². The summed E-state index contributed by atoms with van der Waals surface area (Å²) in [6.45, 7) is 1.95. The summed E-state index contributed by atoms with van der Waals surface area (Å²) in [5.74, 6) is -1.22. The van der Waals surface area contributed by atoms with Crippen LogP contribution in [0.1, 0.15) is 38.3 Å². The van der Waals surface area contributed by atoms with Crippen LogP contribution in [0.25, 0.3) is 0 Å². The fourth-order valence-electron chi connectivity index (χ4n) is 1.97. The molecule has 21 heavy (non-hydrogen) atoms. The standard InChI is InChI=1S/C16H17NO3S/c1-11(7-8-12-5-3-2-4-6-12)17-15(18)13-9-10-14(21-13)16(19)20/h2-6,9-11H,7-8H2,1H3,(H,17,18)(H,19,20). The van der Waals surface area contributed by atoms with Gasteiger partial charge in [0.2, 0.25) is 0 Å². The number of aryl methyl sites for hydroxylation is 1. The minimum Gasteiger partial charge on any atom is -0.477 e. The fraction of sp³-hybridized carbons (Fsp3) is 0.250. The summed E-state index contributed by atoms with van der Waals surface area (Å²) in [6.07, 6.45) is 1.74. The predicted octanol–water partition coefficient (Wildman–Crippen LogP) is 3.20. The van der Waals surface area contributed by atoms with Crippen molar-refractivity contribution < 1.29 is 14.7 Å². The summed E-state index contributed by atoms with van der Waals surface area (Å²) >= 11 is 0.994. The number of benzene rings is 1. The molecule has 1 aromatic heterocycles. The average molecular weight is 303 g/mol. The van der Waals surface area contributed by atoms with Crippen LogP contribution < -0.4 is 5.32 Å². The number of nitrogens with one attached hydrogen (secondary N) is 1. The van der Waals surface area contributed by atoms with Gasteiger partial charge < -0.3 is 10.4 Å². The van der Waals surface area contributed by atoms with Gasteiger partial charge in [-0.1, -0.05) is 30.3 Å². The summed E-state index contributed by atoms with van der Waals surface area (Å²) in [6, 6.07) is 13.1. The lowest BCUT2D eigenvalue weighted by Gasteiger charge is -2.13. The normalized spacial score (nSPS) is 11.9. The van der Waals surface area contributed by atoms with E-state index in [1.165, 1.54) is 11.6 Å². The van der Waals surface area contributed by atoms with Gasteiger partial charge in [0.15, 0.2) is 0 Å². The van der Waals surface area contributed by atoms with Crippen LogP contribution in [-0.4, -0.2) is 23.0 Å². The Morgan fingerprint density at radius 3 is 2.43 bits per heavy atom. The number of amides is 1. The zero-order valence-corrected chi connectivity index (χ0v) is 12.5. The van der Waals surface area contributed by atoms with Crippen molar-refractivity contribution in [1.29, 1.82) is 0 Å². The van der Waals surface area contributed by atoms with Crippen LogP contribution in [0, 0.1) is 0 Å². The van der Waals surface area contributed by atoms with Crippen molar-refractivity contribution in [3.8, 4) is 0 Å². The van der Waals surface area contributed by atoms with Crippen molar-refractivity contribution in [1.82, 2.24) is 5.32 Å². The fourth-order valence-corrected chi connectivity index (χ4v) is 2.72. The van der Waals surface area contributed by atoms with Gasteiger partial charge in [-0.2, -0.15) is 0 Å². The molecule has 0 fully saturated rings. The SMILES string of the molecule is CC(CCc1ccccc1)NC(=O)c1ccc(C(=O)O)s1. The Morgan fingerprint density at radius 1 is 1.14 bits per heavy atom. The highest BCUT2D eigenvalue weighted by atomic mass is 32.1. The van der Waals surface area contributed by atoms with E-state index < -0.39 is 5.97 Å². The van der Waals surface area contributed by atoms with E-state index in [2.05, 4.69) is 17.4 Å². The number of hydrogen-bond acceptors (Lipinski definition) is 3. The largest absolute Gasteiger partial charge is 0.477 e. The third-order valence-corrected chi connectivity index (χ3v) is 4.20. The van der Waals surface area contributed by atoms with Crippen LogP contribution >= 0.6 is 11.3 Å². The first-order valence-corrected chi connectivity index (χ1v) is 7.56. The maximum Gasteiger partial charge on any atom is 0.345 e. The smallest absolute Gasteiger partial charge is 0.345 e. The molecule has 4 nitrogen and oxygen atoms in total. The molecule has 1 unspecified atom stereocenters. The molecule has 1 heterocycles. The first-order valence-electron chi connectivity index (χ1n) is 6.74. The summed E-state index contributed by atoms with van der Waals surface area (Å²) < 4.78 is 0. The van der Waals surface area contributed by atoms with Gasteiger partial charge in [0.25, 0.3) is 5.91 Å². The van der Waals surface area contributed by atoms with Crippen molar-refractivity contribution in [3.63, 3.8) is 0 Å². The molecule has 2 rings (SSSR count). The van der Waals surface area contributed by atoms with Gasteiger partial charge in [-0.3, -0.25) is 4.79 Å². The maximum absolute atomic E-state index is 12.0. The van der Waals surface area contributed by atoms with E-state index in [1.807, 2.05) is 25.1 Å². The van der Waals surface area contributed by atoms with Crippen LogP contribution in [0.3, 0.4) is 0 Å². The van der Waals surface area contributed by atoms with E-state index >= 15 is 0 Å². The molecule has 0 saturated carbocycles. The number of carbonyl (C=O) groups excluding carboxylic acids is 1. The minimum absolute atomic E-state index is 0.0353. The Labute approximate surface area is 127 Å². The highest BCUT2D eigenvalue weighted by molar-refractivity contribution is 7.15. The van der Waals surface area contributed by atoms with E-state index in [4.69, 9.17) is 5.11 Å². The van der Waals surface area contributed by atoms with Gasteiger partial charge in [-0.05, 0) is 37.5 Å². The molecule has 1 atom stereocenters. The predicted molar refractivity (Wildman–Crippen MR) is 83.0 cm³/mol. The van der Waals surface area contributed by atoms with Crippen molar-refractivity contribution in [2.75, 3.05) is 0 Å². The van der Waals surface area contributed by atoms with E-state index in [0.717, 1.165) is 24.2 Å². The zero-order valence-electron chi connectivity index (χ0n) is 11.7. The number of carbonyl (C=O) groups is 2. The summed E-state index contributed by atoms with van der Waals surface area (Å²) in [5.41, 5.74) is 1.24. The molecule has 0 aliphatic carbocycles. The van der Waals surface area contributed by atoms with E-state index in [1.54, 1.807) is 6.07 Å². The minimum atomic E-state index is -1.00. The van der Waals surface area contributed by atoms with Crippen molar-refractivity contribution >= 4 is 23.2 Å². The maximum atomic E-state index is 12.0. The molecule has 2 N–H and O–H groups in total. The van der Waals surface area contributed by atoms with Gasteiger partial charge in [0.1, 0.15) is 4.88 Å². The monoisotopic (exact) mass is 303 g/mol. The van der Waals surface area contributed by atoms with Gasteiger partial charge in [0.05, 0.1) is 4.88 Å². The van der Waals surface area contributed by atoms with Gasteiger partial charge in [-0.15, -0.1) is 11.3 Å². The summed E-state index contributed by atoms with van der Waals surface area (Å²) in [4.78, 5) is 23.4. The number of thiophene rings is 1. The zero-order chi connectivity index (χ0) is 15.2. The molecule has 0 spiro atoms.